The molecule has 4 aromatic rings. The summed E-state index contributed by atoms with van der Waals surface area (Å²) in [5.74, 6) is -0.631. The van der Waals surface area contributed by atoms with E-state index in [0.717, 1.165) is 15.4 Å². The van der Waals surface area contributed by atoms with Crippen LogP contribution in [0.5, 0.6) is 0 Å². The van der Waals surface area contributed by atoms with Crippen molar-refractivity contribution < 1.29 is 18.0 Å². The molecule has 4 aromatic carbocycles. The van der Waals surface area contributed by atoms with Gasteiger partial charge in [-0.15, -0.1) is 0 Å². The summed E-state index contributed by atoms with van der Waals surface area (Å²) in [6, 6.07) is 31.6. The molecule has 8 heteroatoms. The molecule has 0 bridgehead atoms. The highest BCUT2D eigenvalue weighted by molar-refractivity contribution is 7.92. The zero-order valence-corrected chi connectivity index (χ0v) is 23.4. The summed E-state index contributed by atoms with van der Waals surface area (Å²) in [5, 5.41) is 5.64. The van der Waals surface area contributed by atoms with E-state index in [1.165, 1.54) is 12.1 Å². The second-order valence-corrected chi connectivity index (χ2v) is 11.5. The van der Waals surface area contributed by atoms with Crippen molar-refractivity contribution in [1.82, 2.24) is 5.32 Å². The molecule has 4 rings (SSSR count). The fourth-order valence-corrected chi connectivity index (χ4v) is 5.67. The molecule has 0 aliphatic carbocycles. The van der Waals surface area contributed by atoms with Gasteiger partial charge in [0, 0.05) is 6.54 Å². The minimum atomic E-state index is -4.05. The zero-order valence-electron chi connectivity index (χ0n) is 22.6. The molecule has 0 aromatic heterocycles. The van der Waals surface area contributed by atoms with Crippen LogP contribution in [0.4, 0.5) is 11.4 Å². The van der Waals surface area contributed by atoms with Gasteiger partial charge in [-0.25, -0.2) is 8.42 Å². The van der Waals surface area contributed by atoms with Crippen LogP contribution >= 0.6 is 0 Å². The molecule has 0 saturated carbocycles. The number of carbonyl (C=O) groups is 2. The number of carbonyl (C=O) groups excluding carboxylic acids is 2. The summed E-state index contributed by atoms with van der Waals surface area (Å²) in [4.78, 5) is 26.3. The van der Waals surface area contributed by atoms with Crippen molar-refractivity contribution >= 4 is 33.2 Å². The van der Waals surface area contributed by atoms with Gasteiger partial charge in [-0.05, 0) is 59.9 Å². The Morgan fingerprint density at radius 1 is 0.775 bits per heavy atom. The van der Waals surface area contributed by atoms with Gasteiger partial charge in [0.05, 0.1) is 21.8 Å². The Bertz CT molecular complexity index is 1540. The minimum Gasteiger partial charge on any atom is -0.352 e. The molecule has 0 heterocycles. The third-order valence-corrected chi connectivity index (χ3v) is 8.24. The first-order valence-corrected chi connectivity index (χ1v) is 14.6. The summed E-state index contributed by atoms with van der Waals surface area (Å²) >= 11 is 0. The molecule has 0 unspecified atom stereocenters. The van der Waals surface area contributed by atoms with Gasteiger partial charge >= 0.3 is 0 Å². The number of anilines is 2. The van der Waals surface area contributed by atoms with Gasteiger partial charge in [0.1, 0.15) is 6.54 Å². The van der Waals surface area contributed by atoms with Crippen molar-refractivity contribution in [2.24, 2.45) is 0 Å². The maximum atomic E-state index is 13.6. The van der Waals surface area contributed by atoms with Crippen molar-refractivity contribution in [2.45, 2.75) is 31.1 Å². The zero-order chi connectivity index (χ0) is 28.5. The second-order valence-electron chi connectivity index (χ2n) is 9.66. The summed E-state index contributed by atoms with van der Waals surface area (Å²) in [5.41, 5.74) is 3.12. The molecule has 2 N–H and O–H groups in total. The van der Waals surface area contributed by atoms with Crippen LogP contribution in [-0.4, -0.2) is 33.3 Å². The van der Waals surface area contributed by atoms with Crippen LogP contribution in [-0.2, 0) is 21.2 Å². The van der Waals surface area contributed by atoms with E-state index in [1.54, 1.807) is 54.6 Å². The monoisotopic (exact) mass is 555 g/mol. The largest absolute Gasteiger partial charge is 0.352 e. The van der Waals surface area contributed by atoms with E-state index in [-0.39, 0.29) is 16.7 Å². The molecule has 206 valence electrons. The van der Waals surface area contributed by atoms with Gasteiger partial charge in [-0.1, -0.05) is 86.6 Å². The van der Waals surface area contributed by atoms with Gasteiger partial charge in [-0.2, -0.15) is 0 Å². The lowest BCUT2D eigenvalue weighted by Gasteiger charge is -2.25. The fraction of sp³-hybridized carbons (Fsp3) is 0.188. The predicted molar refractivity (Wildman–Crippen MR) is 159 cm³/mol. The van der Waals surface area contributed by atoms with Gasteiger partial charge < -0.3 is 10.6 Å². The van der Waals surface area contributed by atoms with Crippen LogP contribution in [0.3, 0.4) is 0 Å². The lowest BCUT2D eigenvalue weighted by molar-refractivity contribution is -0.114. The first-order valence-electron chi connectivity index (χ1n) is 13.1. The van der Waals surface area contributed by atoms with Crippen LogP contribution in [0.25, 0.3) is 0 Å². The SMILES string of the molecule is CC(C)c1ccc(N(CC(=O)Nc2ccccc2C(=O)NCCc2ccccc2)S(=O)(=O)c2ccccc2)cc1. The van der Waals surface area contributed by atoms with Gasteiger partial charge in [0.2, 0.25) is 5.91 Å². The summed E-state index contributed by atoms with van der Waals surface area (Å²) < 4.78 is 28.4. The number of sulfonamides is 1. The molecular formula is C32H33N3O4S. The molecule has 0 aliphatic rings. The van der Waals surface area contributed by atoms with E-state index in [1.807, 2.05) is 42.5 Å². The molecule has 2 amide bonds. The summed E-state index contributed by atoms with van der Waals surface area (Å²) in [6.45, 7) is 4.06. The minimum absolute atomic E-state index is 0.0777. The first kappa shape index (κ1) is 28.6. The normalized spacial score (nSPS) is 11.2. The summed E-state index contributed by atoms with van der Waals surface area (Å²) in [6.07, 6.45) is 0.670. The van der Waals surface area contributed by atoms with E-state index >= 15 is 0 Å². The van der Waals surface area contributed by atoms with Crippen LogP contribution < -0.4 is 14.9 Å². The molecule has 7 nitrogen and oxygen atoms in total. The first-order chi connectivity index (χ1) is 19.3. The van der Waals surface area contributed by atoms with Gasteiger partial charge in [0.15, 0.2) is 0 Å². The van der Waals surface area contributed by atoms with Gasteiger partial charge in [-0.3, -0.25) is 13.9 Å². The molecule has 0 aliphatic heterocycles. The smallest absolute Gasteiger partial charge is 0.264 e. The molecule has 0 spiro atoms. The third-order valence-electron chi connectivity index (χ3n) is 6.45. The highest BCUT2D eigenvalue weighted by atomic mass is 32.2. The number of amides is 2. The number of hydrogen-bond donors (Lipinski definition) is 2. The predicted octanol–water partition coefficient (Wildman–Crippen LogP) is 5.62. The number of nitrogens with zero attached hydrogens (tertiary/aromatic N) is 1. The number of nitrogens with one attached hydrogen (secondary N) is 2. The Morgan fingerprint density at radius 3 is 2.02 bits per heavy atom. The van der Waals surface area contributed by atoms with E-state index in [0.29, 0.717) is 29.9 Å². The maximum Gasteiger partial charge on any atom is 0.264 e. The lowest BCUT2D eigenvalue weighted by Crippen LogP contribution is -2.38. The van der Waals surface area contributed by atoms with Crippen LogP contribution in [0.2, 0.25) is 0 Å². The second kappa shape index (κ2) is 13.1. The Labute approximate surface area is 235 Å². The van der Waals surface area contributed by atoms with E-state index in [2.05, 4.69) is 24.5 Å². The van der Waals surface area contributed by atoms with E-state index < -0.39 is 22.5 Å². The Hall–Kier alpha value is -4.43. The third kappa shape index (κ3) is 7.15. The Kier molecular flexibility index (Phi) is 9.35. The number of benzene rings is 4. The summed E-state index contributed by atoms with van der Waals surface area (Å²) in [7, 11) is -4.05. The molecule has 0 saturated heterocycles. The fourth-order valence-electron chi connectivity index (χ4n) is 4.23. The van der Waals surface area contributed by atoms with Gasteiger partial charge in [0.25, 0.3) is 15.9 Å². The quantitative estimate of drug-likeness (QED) is 0.251. The Balaban J connectivity index is 1.53. The standard InChI is InChI=1S/C32H33N3O4S/c1-24(2)26-17-19-27(20-18-26)35(40(38,39)28-13-7-4-8-14-28)23-31(36)34-30-16-10-9-15-29(30)32(37)33-22-21-25-11-5-3-6-12-25/h3-20,24H,21-23H2,1-2H3,(H,33,37)(H,34,36). The lowest BCUT2D eigenvalue weighted by atomic mass is 10.0. The van der Waals surface area contributed by atoms with Crippen molar-refractivity contribution in [2.75, 3.05) is 22.7 Å². The Morgan fingerprint density at radius 2 is 1.38 bits per heavy atom. The molecular weight excluding hydrogens is 522 g/mol. The van der Waals surface area contributed by atoms with E-state index in [4.69, 9.17) is 0 Å². The van der Waals surface area contributed by atoms with Crippen molar-refractivity contribution in [3.05, 3.63) is 126 Å². The van der Waals surface area contributed by atoms with Crippen molar-refractivity contribution in [3.8, 4) is 0 Å². The highest BCUT2D eigenvalue weighted by Gasteiger charge is 2.27. The average Bonchev–Trinajstić information content (AvgIpc) is 2.97. The number of para-hydroxylation sites is 1. The number of rotatable bonds is 11. The molecule has 40 heavy (non-hydrogen) atoms. The van der Waals surface area contributed by atoms with Crippen molar-refractivity contribution in [1.29, 1.82) is 0 Å². The molecule has 0 atom stereocenters. The average molecular weight is 556 g/mol. The topological polar surface area (TPSA) is 95.6 Å². The highest BCUT2D eigenvalue weighted by Crippen LogP contribution is 2.26. The number of hydrogen-bond acceptors (Lipinski definition) is 4. The van der Waals surface area contributed by atoms with Crippen LogP contribution in [0.1, 0.15) is 41.3 Å². The maximum absolute atomic E-state index is 13.6. The molecule has 0 radical (unpaired) electrons. The van der Waals surface area contributed by atoms with E-state index in [9.17, 15) is 18.0 Å². The van der Waals surface area contributed by atoms with Crippen molar-refractivity contribution in [3.63, 3.8) is 0 Å². The van der Waals surface area contributed by atoms with Crippen LogP contribution in [0.15, 0.2) is 114 Å². The molecule has 0 fully saturated rings. The van der Waals surface area contributed by atoms with Crippen LogP contribution in [0, 0.1) is 0 Å².